The maximum absolute atomic E-state index is 12.0. The highest BCUT2D eigenvalue weighted by Crippen LogP contribution is 2.34. The lowest BCUT2D eigenvalue weighted by Crippen LogP contribution is -2.03. The molecule has 21 heavy (non-hydrogen) atoms. The average molecular weight is 300 g/mol. The van der Waals surface area contributed by atoms with Gasteiger partial charge in [-0.2, -0.15) is 0 Å². The highest BCUT2D eigenvalue weighted by molar-refractivity contribution is 6.35. The monoisotopic (exact) mass is 299 g/mol. The van der Waals surface area contributed by atoms with E-state index >= 15 is 0 Å². The van der Waals surface area contributed by atoms with E-state index in [0.717, 1.165) is 5.56 Å². The molecule has 0 atom stereocenters. The number of halogens is 1. The van der Waals surface area contributed by atoms with Gasteiger partial charge in [0.25, 0.3) is 5.91 Å². The van der Waals surface area contributed by atoms with Gasteiger partial charge in [-0.05, 0) is 42.0 Å². The van der Waals surface area contributed by atoms with E-state index in [-0.39, 0.29) is 11.5 Å². The molecule has 0 fully saturated rings. The van der Waals surface area contributed by atoms with Crippen molar-refractivity contribution in [2.75, 3.05) is 5.32 Å². The predicted molar refractivity (Wildman–Crippen MR) is 81.4 cm³/mol. The van der Waals surface area contributed by atoms with Gasteiger partial charge in [-0.3, -0.25) is 4.79 Å². The summed E-state index contributed by atoms with van der Waals surface area (Å²) in [6.45, 7) is 0. The fourth-order valence-corrected chi connectivity index (χ4v) is 2.43. The Bertz CT molecular complexity index is 796. The van der Waals surface area contributed by atoms with Gasteiger partial charge in [-0.15, -0.1) is 0 Å². The molecule has 4 nitrogen and oxygen atoms in total. The molecule has 2 aromatic rings. The molecule has 0 aliphatic carbocycles. The summed E-state index contributed by atoms with van der Waals surface area (Å²) < 4.78 is 0. The third kappa shape index (κ3) is 2.53. The van der Waals surface area contributed by atoms with E-state index < -0.39 is 5.97 Å². The molecular formula is C16H10ClNO3. The first-order valence-electron chi connectivity index (χ1n) is 6.21. The molecule has 0 aromatic heterocycles. The van der Waals surface area contributed by atoms with Gasteiger partial charge in [-0.1, -0.05) is 23.7 Å². The number of carbonyl (C=O) groups is 2. The Morgan fingerprint density at radius 2 is 2.00 bits per heavy atom. The molecule has 3 rings (SSSR count). The van der Waals surface area contributed by atoms with Crippen molar-refractivity contribution in [2.45, 2.75) is 0 Å². The molecule has 0 unspecified atom stereocenters. The Hall–Kier alpha value is -2.59. The molecule has 2 aromatic carbocycles. The Morgan fingerprint density at radius 1 is 1.19 bits per heavy atom. The molecule has 0 saturated carbocycles. The molecule has 0 bridgehead atoms. The van der Waals surface area contributed by atoms with Crippen LogP contribution in [0.2, 0.25) is 5.02 Å². The van der Waals surface area contributed by atoms with Crippen LogP contribution in [0.5, 0.6) is 0 Å². The quantitative estimate of drug-likeness (QED) is 0.834. The molecule has 5 heteroatoms. The minimum atomic E-state index is -1.03. The van der Waals surface area contributed by atoms with E-state index in [0.29, 0.717) is 21.8 Å². The minimum absolute atomic E-state index is 0.141. The molecule has 0 saturated heterocycles. The molecule has 1 heterocycles. The summed E-state index contributed by atoms with van der Waals surface area (Å²) in [5.74, 6) is -1.29. The standard InChI is InChI=1S/C16H10ClNO3/c17-11-3-1-2-9(6-11)7-13-12-8-10(16(20)21)4-5-14(12)18-15(13)19/h1-8H,(H,18,19)(H,20,21)/b13-7+. The van der Waals surface area contributed by atoms with E-state index in [9.17, 15) is 9.59 Å². The maximum atomic E-state index is 12.0. The first kappa shape index (κ1) is 13.4. The molecule has 104 valence electrons. The number of aromatic carboxylic acids is 1. The SMILES string of the molecule is O=C1Nc2ccc(C(=O)O)cc2/C1=C\c1cccc(Cl)c1. The van der Waals surface area contributed by atoms with Crippen molar-refractivity contribution in [1.82, 2.24) is 0 Å². The van der Waals surface area contributed by atoms with Crippen LogP contribution in [0, 0.1) is 0 Å². The van der Waals surface area contributed by atoms with Crippen molar-refractivity contribution in [3.63, 3.8) is 0 Å². The second kappa shape index (κ2) is 5.07. The number of carboxylic acids is 1. The topological polar surface area (TPSA) is 66.4 Å². The molecule has 2 N–H and O–H groups in total. The molecule has 0 radical (unpaired) electrons. The van der Waals surface area contributed by atoms with Crippen molar-refractivity contribution in [3.05, 3.63) is 64.2 Å². The summed E-state index contributed by atoms with van der Waals surface area (Å²) in [7, 11) is 0. The van der Waals surface area contributed by atoms with Gasteiger partial charge in [0.05, 0.1) is 5.56 Å². The molecule has 1 aliphatic rings. The lowest BCUT2D eigenvalue weighted by atomic mass is 10.0. The summed E-state index contributed by atoms with van der Waals surface area (Å²) in [6, 6.07) is 11.6. The largest absolute Gasteiger partial charge is 0.478 e. The van der Waals surface area contributed by atoms with Crippen LogP contribution in [-0.4, -0.2) is 17.0 Å². The van der Waals surface area contributed by atoms with Gasteiger partial charge in [0.1, 0.15) is 0 Å². The van der Waals surface area contributed by atoms with E-state index in [1.54, 1.807) is 30.3 Å². The van der Waals surface area contributed by atoms with Gasteiger partial charge >= 0.3 is 5.97 Å². The van der Waals surface area contributed by atoms with Gasteiger partial charge < -0.3 is 10.4 Å². The van der Waals surface area contributed by atoms with Gasteiger partial charge in [0.2, 0.25) is 0 Å². The first-order chi connectivity index (χ1) is 10.0. The zero-order valence-corrected chi connectivity index (χ0v) is 11.5. The van der Waals surface area contributed by atoms with Crippen LogP contribution < -0.4 is 5.32 Å². The van der Waals surface area contributed by atoms with Crippen LogP contribution >= 0.6 is 11.6 Å². The van der Waals surface area contributed by atoms with Crippen molar-refractivity contribution in [1.29, 1.82) is 0 Å². The highest BCUT2D eigenvalue weighted by atomic mass is 35.5. The van der Waals surface area contributed by atoms with Crippen LogP contribution in [0.1, 0.15) is 21.5 Å². The van der Waals surface area contributed by atoms with Crippen LogP contribution in [0.4, 0.5) is 5.69 Å². The summed E-state index contributed by atoms with van der Waals surface area (Å²) in [5, 5.41) is 12.3. The third-order valence-electron chi connectivity index (χ3n) is 3.21. The number of carbonyl (C=O) groups excluding carboxylic acids is 1. The van der Waals surface area contributed by atoms with E-state index in [1.807, 2.05) is 6.07 Å². The number of anilines is 1. The molecular weight excluding hydrogens is 290 g/mol. The summed E-state index contributed by atoms with van der Waals surface area (Å²) >= 11 is 5.93. The summed E-state index contributed by atoms with van der Waals surface area (Å²) in [6.07, 6.45) is 1.69. The predicted octanol–water partition coefficient (Wildman–Crippen LogP) is 3.53. The van der Waals surface area contributed by atoms with Gasteiger partial charge in [0, 0.05) is 21.8 Å². The van der Waals surface area contributed by atoms with Crippen molar-refractivity contribution < 1.29 is 14.7 Å². The number of fused-ring (bicyclic) bond motifs is 1. The lowest BCUT2D eigenvalue weighted by Gasteiger charge is -2.01. The van der Waals surface area contributed by atoms with Gasteiger partial charge in [-0.25, -0.2) is 4.79 Å². The van der Waals surface area contributed by atoms with Crippen molar-refractivity contribution in [2.24, 2.45) is 0 Å². The van der Waals surface area contributed by atoms with E-state index in [1.165, 1.54) is 12.1 Å². The number of carboxylic acid groups (broad SMARTS) is 1. The fraction of sp³-hybridized carbons (Fsp3) is 0. The number of hydrogen-bond acceptors (Lipinski definition) is 2. The number of nitrogens with one attached hydrogen (secondary N) is 1. The molecule has 0 spiro atoms. The van der Waals surface area contributed by atoms with Crippen molar-refractivity contribution in [3.8, 4) is 0 Å². The number of benzene rings is 2. The van der Waals surface area contributed by atoms with Crippen molar-refractivity contribution >= 4 is 40.8 Å². The van der Waals surface area contributed by atoms with E-state index in [4.69, 9.17) is 16.7 Å². The Kier molecular flexibility index (Phi) is 3.23. The zero-order chi connectivity index (χ0) is 15.0. The van der Waals surface area contributed by atoms with E-state index in [2.05, 4.69) is 5.32 Å². The van der Waals surface area contributed by atoms with Crippen LogP contribution in [-0.2, 0) is 4.79 Å². The lowest BCUT2D eigenvalue weighted by molar-refractivity contribution is -0.110. The van der Waals surface area contributed by atoms with Crippen LogP contribution in [0.3, 0.4) is 0 Å². The summed E-state index contributed by atoms with van der Waals surface area (Å²) in [4.78, 5) is 23.1. The third-order valence-corrected chi connectivity index (χ3v) is 3.44. The average Bonchev–Trinajstić information content (AvgIpc) is 2.74. The Balaban J connectivity index is 2.11. The normalized spacial score (nSPS) is 14.9. The second-order valence-electron chi connectivity index (χ2n) is 4.63. The van der Waals surface area contributed by atoms with Crippen LogP contribution in [0.15, 0.2) is 42.5 Å². The number of amides is 1. The fourth-order valence-electron chi connectivity index (χ4n) is 2.23. The Labute approximate surface area is 125 Å². The molecule has 1 aliphatic heterocycles. The smallest absolute Gasteiger partial charge is 0.335 e. The second-order valence-corrected chi connectivity index (χ2v) is 5.07. The number of hydrogen-bond donors (Lipinski definition) is 2. The van der Waals surface area contributed by atoms with Gasteiger partial charge in [0.15, 0.2) is 0 Å². The summed E-state index contributed by atoms with van der Waals surface area (Å²) in [5.41, 5.74) is 2.54. The maximum Gasteiger partial charge on any atom is 0.335 e. The highest BCUT2D eigenvalue weighted by Gasteiger charge is 2.25. The van der Waals surface area contributed by atoms with Crippen LogP contribution in [0.25, 0.3) is 11.6 Å². The Morgan fingerprint density at radius 3 is 2.71 bits per heavy atom. The molecule has 1 amide bonds. The zero-order valence-electron chi connectivity index (χ0n) is 10.8. The first-order valence-corrected chi connectivity index (χ1v) is 6.59. The number of rotatable bonds is 2. The minimum Gasteiger partial charge on any atom is -0.478 e.